The van der Waals surface area contributed by atoms with E-state index in [0.717, 1.165) is 16.3 Å². The molecule has 1 aromatic carbocycles. The molecule has 0 saturated heterocycles. The number of thiazole rings is 1. The molecule has 2 heterocycles. The van der Waals surface area contributed by atoms with E-state index in [9.17, 15) is 4.79 Å². The van der Waals surface area contributed by atoms with Gasteiger partial charge in [0.25, 0.3) is 5.91 Å². The fraction of sp³-hybridized carbons (Fsp3) is 0.263. The van der Waals surface area contributed by atoms with Crippen molar-refractivity contribution in [3.05, 3.63) is 63.3 Å². The largest absolute Gasteiger partial charge is 0.349 e. The van der Waals surface area contributed by atoms with E-state index in [2.05, 4.69) is 32.0 Å². The second-order valence-corrected chi connectivity index (χ2v) is 7.82. The number of carbonyl (C=O) groups is 1. The van der Waals surface area contributed by atoms with Gasteiger partial charge in [0, 0.05) is 12.1 Å². The van der Waals surface area contributed by atoms with Gasteiger partial charge in [-0.3, -0.25) is 4.79 Å². The quantitative estimate of drug-likeness (QED) is 0.706. The van der Waals surface area contributed by atoms with Crippen molar-refractivity contribution in [2.75, 3.05) is 20.6 Å². The Morgan fingerprint density at radius 3 is 2.64 bits per heavy atom. The van der Waals surface area contributed by atoms with Crippen LogP contribution < -0.4 is 5.32 Å². The first-order chi connectivity index (χ1) is 12.1. The molecule has 1 atom stereocenters. The molecule has 1 amide bonds. The molecule has 0 fully saturated rings. The number of amides is 1. The molecule has 0 saturated carbocycles. The number of nitrogens with one attached hydrogen (secondary N) is 1. The van der Waals surface area contributed by atoms with Crippen LogP contribution in [0.15, 0.2) is 47.2 Å². The third kappa shape index (κ3) is 4.15. The van der Waals surface area contributed by atoms with Crippen LogP contribution in [0.5, 0.6) is 0 Å². The van der Waals surface area contributed by atoms with Crippen LogP contribution >= 0.6 is 22.7 Å². The number of benzene rings is 1. The summed E-state index contributed by atoms with van der Waals surface area (Å²) in [5, 5.41) is 8.14. The molecule has 0 aliphatic rings. The average Bonchev–Trinajstić information content (AvgIpc) is 3.25. The minimum Gasteiger partial charge on any atom is -0.349 e. The molecule has 1 unspecified atom stereocenters. The lowest BCUT2D eigenvalue weighted by Crippen LogP contribution is -2.34. The van der Waals surface area contributed by atoms with E-state index < -0.39 is 0 Å². The molecule has 0 bridgehead atoms. The maximum Gasteiger partial charge on any atom is 0.263 e. The van der Waals surface area contributed by atoms with Crippen LogP contribution in [0.4, 0.5) is 0 Å². The first-order valence-corrected chi connectivity index (χ1v) is 9.81. The topological polar surface area (TPSA) is 45.2 Å². The van der Waals surface area contributed by atoms with E-state index in [-0.39, 0.29) is 11.9 Å². The predicted molar refractivity (Wildman–Crippen MR) is 105 cm³/mol. The molecule has 130 valence electrons. The Kier molecular flexibility index (Phi) is 5.63. The predicted octanol–water partition coefficient (Wildman–Crippen LogP) is 4.21. The first kappa shape index (κ1) is 17.8. The van der Waals surface area contributed by atoms with Gasteiger partial charge in [0.2, 0.25) is 0 Å². The first-order valence-electron chi connectivity index (χ1n) is 8.06. The van der Waals surface area contributed by atoms with Gasteiger partial charge < -0.3 is 10.2 Å². The molecule has 4 nitrogen and oxygen atoms in total. The molecule has 2 aromatic heterocycles. The number of nitrogens with zero attached hydrogens (tertiary/aromatic N) is 2. The van der Waals surface area contributed by atoms with Gasteiger partial charge in [-0.1, -0.05) is 30.3 Å². The summed E-state index contributed by atoms with van der Waals surface area (Å²) in [5.74, 6) is -0.0562. The summed E-state index contributed by atoms with van der Waals surface area (Å²) in [6.07, 6.45) is 0. The number of thiophene rings is 1. The van der Waals surface area contributed by atoms with Gasteiger partial charge in [-0.25, -0.2) is 4.98 Å². The van der Waals surface area contributed by atoms with Crippen molar-refractivity contribution in [3.8, 4) is 10.6 Å². The van der Waals surface area contributed by atoms with Gasteiger partial charge in [-0.05, 0) is 43.4 Å². The lowest BCUT2D eigenvalue weighted by molar-refractivity contribution is 0.0945. The highest BCUT2D eigenvalue weighted by molar-refractivity contribution is 7.17. The Hall–Kier alpha value is -2.02. The summed E-state index contributed by atoms with van der Waals surface area (Å²) >= 11 is 3.12. The van der Waals surface area contributed by atoms with Crippen LogP contribution in [-0.2, 0) is 0 Å². The van der Waals surface area contributed by atoms with Crippen LogP contribution in [0, 0.1) is 6.92 Å². The van der Waals surface area contributed by atoms with Crippen molar-refractivity contribution >= 4 is 28.6 Å². The number of carbonyl (C=O) groups excluding carboxylic acids is 1. The summed E-state index contributed by atoms with van der Waals surface area (Å²) in [6.45, 7) is 2.46. The second kappa shape index (κ2) is 7.91. The van der Waals surface area contributed by atoms with Crippen molar-refractivity contribution in [1.29, 1.82) is 0 Å². The van der Waals surface area contributed by atoms with Crippen LogP contribution in [0.25, 0.3) is 10.6 Å². The molecule has 3 rings (SSSR count). The van der Waals surface area contributed by atoms with Crippen LogP contribution in [-0.4, -0.2) is 36.4 Å². The van der Waals surface area contributed by atoms with E-state index in [1.807, 2.05) is 51.4 Å². The number of aryl methyl sites for hydroxylation is 1. The molecule has 0 aliphatic heterocycles. The summed E-state index contributed by atoms with van der Waals surface area (Å²) in [6, 6.07) is 12.2. The summed E-state index contributed by atoms with van der Waals surface area (Å²) < 4.78 is 0. The highest BCUT2D eigenvalue weighted by atomic mass is 32.1. The Labute approximate surface area is 156 Å². The van der Waals surface area contributed by atoms with E-state index in [1.165, 1.54) is 16.9 Å². The summed E-state index contributed by atoms with van der Waals surface area (Å²) in [4.78, 5) is 20.0. The van der Waals surface area contributed by atoms with Gasteiger partial charge in [-0.2, -0.15) is 11.3 Å². The maximum atomic E-state index is 12.7. The number of hydrogen-bond donors (Lipinski definition) is 1. The number of likely N-dealkylation sites (N-methyl/N-ethyl adjacent to an activating group) is 1. The second-order valence-electron chi connectivity index (χ2n) is 6.05. The van der Waals surface area contributed by atoms with Gasteiger partial charge >= 0.3 is 0 Å². The highest BCUT2D eigenvalue weighted by Crippen LogP contribution is 2.28. The standard InChI is InChI=1S/C19H21N3OS2/c1-13-17(25-19(21-13)14-7-5-4-6-8-14)18(23)20-11-16(22(2)3)15-9-10-24-12-15/h4-10,12,16H,11H2,1-3H3,(H,20,23). The molecule has 1 N–H and O–H groups in total. The lowest BCUT2D eigenvalue weighted by Gasteiger charge is -2.23. The van der Waals surface area contributed by atoms with E-state index >= 15 is 0 Å². The molecular formula is C19H21N3OS2. The average molecular weight is 372 g/mol. The molecule has 0 spiro atoms. The lowest BCUT2D eigenvalue weighted by atomic mass is 10.1. The molecule has 25 heavy (non-hydrogen) atoms. The van der Waals surface area contributed by atoms with Gasteiger partial charge in [0.15, 0.2) is 0 Å². The Morgan fingerprint density at radius 1 is 1.24 bits per heavy atom. The SMILES string of the molecule is Cc1nc(-c2ccccc2)sc1C(=O)NCC(c1ccsc1)N(C)C. The van der Waals surface area contributed by atoms with Crippen molar-refractivity contribution in [2.45, 2.75) is 13.0 Å². The van der Waals surface area contributed by atoms with Gasteiger partial charge in [0.05, 0.1) is 11.7 Å². The van der Waals surface area contributed by atoms with E-state index in [4.69, 9.17) is 0 Å². The van der Waals surface area contributed by atoms with Crippen LogP contribution in [0.2, 0.25) is 0 Å². The highest BCUT2D eigenvalue weighted by Gasteiger charge is 2.19. The zero-order valence-electron chi connectivity index (χ0n) is 14.5. The van der Waals surface area contributed by atoms with Crippen molar-refractivity contribution in [2.24, 2.45) is 0 Å². The molecule has 0 radical (unpaired) electrons. The summed E-state index contributed by atoms with van der Waals surface area (Å²) in [5.41, 5.74) is 3.04. The maximum absolute atomic E-state index is 12.7. The Morgan fingerprint density at radius 2 is 2.00 bits per heavy atom. The Balaban J connectivity index is 1.72. The molecule has 6 heteroatoms. The third-order valence-corrected chi connectivity index (χ3v) is 5.94. The number of rotatable bonds is 6. The molecule has 0 aliphatic carbocycles. The van der Waals surface area contributed by atoms with Gasteiger partial charge in [-0.15, -0.1) is 11.3 Å². The van der Waals surface area contributed by atoms with Crippen molar-refractivity contribution in [3.63, 3.8) is 0 Å². The number of hydrogen-bond acceptors (Lipinski definition) is 5. The minimum atomic E-state index is -0.0562. The van der Waals surface area contributed by atoms with Crippen LogP contribution in [0.1, 0.15) is 27.0 Å². The zero-order valence-corrected chi connectivity index (χ0v) is 16.2. The zero-order chi connectivity index (χ0) is 17.8. The van der Waals surface area contributed by atoms with Crippen LogP contribution in [0.3, 0.4) is 0 Å². The minimum absolute atomic E-state index is 0.0562. The fourth-order valence-corrected chi connectivity index (χ4v) is 4.34. The molecule has 3 aromatic rings. The Bertz CT molecular complexity index is 826. The summed E-state index contributed by atoms with van der Waals surface area (Å²) in [7, 11) is 4.06. The van der Waals surface area contributed by atoms with Crippen molar-refractivity contribution in [1.82, 2.24) is 15.2 Å². The number of aromatic nitrogens is 1. The monoisotopic (exact) mass is 371 g/mol. The third-order valence-electron chi connectivity index (χ3n) is 4.03. The smallest absolute Gasteiger partial charge is 0.263 e. The van der Waals surface area contributed by atoms with E-state index in [1.54, 1.807) is 11.3 Å². The fourth-order valence-electron chi connectivity index (χ4n) is 2.64. The van der Waals surface area contributed by atoms with Gasteiger partial charge in [0.1, 0.15) is 9.88 Å². The molecular weight excluding hydrogens is 350 g/mol. The van der Waals surface area contributed by atoms with E-state index in [0.29, 0.717) is 11.4 Å². The van der Waals surface area contributed by atoms with Crippen molar-refractivity contribution < 1.29 is 4.79 Å². The normalized spacial score (nSPS) is 12.3.